The van der Waals surface area contributed by atoms with Crippen LogP contribution in [0.25, 0.3) is 0 Å². The number of ether oxygens (including phenoxy) is 2. The molecule has 0 radical (unpaired) electrons. The van der Waals surface area contributed by atoms with Crippen molar-refractivity contribution in [3.8, 4) is 11.5 Å². The summed E-state index contributed by atoms with van der Waals surface area (Å²) >= 11 is 0. The van der Waals surface area contributed by atoms with Gasteiger partial charge in [0.25, 0.3) is 0 Å². The highest BCUT2D eigenvalue weighted by Gasteiger charge is 2.11. The monoisotopic (exact) mass is 347 g/mol. The molecule has 3 N–H and O–H groups in total. The minimum atomic E-state index is -0.741. The minimum absolute atomic E-state index is 0.291. The average Bonchev–Trinajstić information content (AvgIpc) is 3.18. The van der Waals surface area contributed by atoms with Crippen LogP contribution in [0.3, 0.4) is 0 Å². The zero-order valence-electron chi connectivity index (χ0n) is 14.8. The highest BCUT2D eigenvalue weighted by atomic mass is 16.5. The first kappa shape index (κ1) is 18.7. The highest BCUT2D eigenvalue weighted by Crippen LogP contribution is 2.25. The van der Waals surface area contributed by atoms with Gasteiger partial charge in [0.05, 0.1) is 33.6 Å². The van der Waals surface area contributed by atoms with E-state index in [0.29, 0.717) is 31.4 Å². The van der Waals surface area contributed by atoms with Gasteiger partial charge in [0.15, 0.2) is 5.96 Å². The van der Waals surface area contributed by atoms with Crippen LogP contribution in [0.15, 0.2) is 46.0 Å². The lowest BCUT2D eigenvalue weighted by molar-refractivity contribution is 0.153. The molecule has 0 spiro atoms. The molecule has 0 aliphatic rings. The second kappa shape index (κ2) is 9.58. The van der Waals surface area contributed by atoms with Crippen molar-refractivity contribution < 1.29 is 19.0 Å². The normalized spacial score (nSPS) is 12.6. The van der Waals surface area contributed by atoms with Crippen LogP contribution in [0.1, 0.15) is 24.4 Å². The second-order valence-corrected chi connectivity index (χ2v) is 5.29. The quantitative estimate of drug-likeness (QED) is 0.501. The third-order valence-electron chi connectivity index (χ3n) is 3.58. The van der Waals surface area contributed by atoms with E-state index in [0.717, 1.165) is 17.1 Å². The van der Waals surface area contributed by atoms with Gasteiger partial charge in [-0.05, 0) is 31.2 Å². The maximum absolute atomic E-state index is 10.1. The van der Waals surface area contributed by atoms with Gasteiger partial charge in [0.2, 0.25) is 0 Å². The van der Waals surface area contributed by atoms with E-state index in [-0.39, 0.29) is 0 Å². The number of rotatable bonds is 8. The molecule has 2 aromatic rings. The van der Waals surface area contributed by atoms with Gasteiger partial charge in [-0.2, -0.15) is 0 Å². The fourth-order valence-corrected chi connectivity index (χ4v) is 2.26. The zero-order chi connectivity index (χ0) is 18.1. The van der Waals surface area contributed by atoms with Crippen molar-refractivity contribution in [3.05, 3.63) is 47.9 Å². The van der Waals surface area contributed by atoms with Crippen molar-refractivity contribution in [1.82, 2.24) is 10.6 Å². The molecule has 1 heterocycles. The Kier molecular flexibility index (Phi) is 7.16. The van der Waals surface area contributed by atoms with Crippen LogP contribution >= 0.6 is 0 Å². The van der Waals surface area contributed by atoms with Crippen LogP contribution in [0.2, 0.25) is 0 Å². The maximum atomic E-state index is 10.1. The molecule has 25 heavy (non-hydrogen) atoms. The van der Waals surface area contributed by atoms with Crippen molar-refractivity contribution in [3.63, 3.8) is 0 Å². The van der Waals surface area contributed by atoms with E-state index < -0.39 is 6.10 Å². The summed E-state index contributed by atoms with van der Waals surface area (Å²) in [4.78, 5) is 4.53. The highest BCUT2D eigenvalue weighted by molar-refractivity contribution is 5.79. The van der Waals surface area contributed by atoms with Gasteiger partial charge in [-0.1, -0.05) is 0 Å². The molecule has 0 aliphatic carbocycles. The van der Waals surface area contributed by atoms with E-state index in [1.807, 2.05) is 25.1 Å². The number of hydrogen-bond acceptors (Lipinski definition) is 5. The molecule has 0 saturated heterocycles. The van der Waals surface area contributed by atoms with Crippen molar-refractivity contribution in [2.75, 3.05) is 27.3 Å². The van der Waals surface area contributed by atoms with Gasteiger partial charge in [0.1, 0.15) is 23.4 Å². The summed E-state index contributed by atoms with van der Waals surface area (Å²) in [5.41, 5.74) is 0.937. The summed E-state index contributed by atoms with van der Waals surface area (Å²) in [7, 11) is 3.23. The molecule has 136 valence electrons. The number of benzene rings is 1. The number of guanidine groups is 1. The first-order chi connectivity index (χ1) is 12.2. The number of aliphatic hydroxyl groups excluding tert-OH is 1. The van der Waals surface area contributed by atoms with Gasteiger partial charge in [-0.25, -0.2) is 4.99 Å². The Morgan fingerprint density at radius 1 is 1.24 bits per heavy atom. The third-order valence-corrected chi connectivity index (χ3v) is 3.58. The van der Waals surface area contributed by atoms with E-state index in [4.69, 9.17) is 13.9 Å². The number of hydrogen-bond donors (Lipinski definition) is 3. The Hall–Kier alpha value is -2.67. The molecule has 7 heteroatoms. The molecular weight excluding hydrogens is 322 g/mol. The summed E-state index contributed by atoms with van der Waals surface area (Å²) in [5, 5.41) is 16.3. The van der Waals surface area contributed by atoms with E-state index in [2.05, 4.69) is 15.6 Å². The van der Waals surface area contributed by atoms with Crippen LogP contribution in [0.5, 0.6) is 11.5 Å². The van der Waals surface area contributed by atoms with Crippen LogP contribution in [-0.2, 0) is 6.54 Å². The average molecular weight is 347 g/mol. The van der Waals surface area contributed by atoms with Gasteiger partial charge < -0.3 is 29.6 Å². The number of nitrogens with one attached hydrogen (secondary N) is 2. The smallest absolute Gasteiger partial charge is 0.191 e. The van der Waals surface area contributed by atoms with E-state index in [1.165, 1.54) is 6.26 Å². The van der Waals surface area contributed by atoms with E-state index in [1.54, 1.807) is 26.4 Å². The molecule has 1 aromatic carbocycles. The molecule has 1 aromatic heterocycles. The predicted molar refractivity (Wildman–Crippen MR) is 96.0 cm³/mol. The molecule has 0 bridgehead atoms. The molecule has 1 atom stereocenters. The molecule has 1 unspecified atom stereocenters. The van der Waals surface area contributed by atoms with E-state index in [9.17, 15) is 5.11 Å². The van der Waals surface area contributed by atoms with Crippen molar-refractivity contribution >= 4 is 5.96 Å². The number of methoxy groups -OCH3 is 2. The number of furan rings is 1. The molecule has 0 fully saturated rings. The van der Waals surface area contributed by atoms with Crippen molar-refractivity contribution in [2.45, 2.75) is 19.6 Å². The van der Waals surface area contributed by atoms with Crippen LogP contribution in [0.4, 0.5) is 0 Å². The standard InChI is InChI=1S/C18H25N3O4/c1-4-19-18(21-12-15(22)16-6-5-9-25-16)20-11-13-7-8-14(23-2)10-17(13)24-3/h5-10,15,22H,4,11-12H2,1-3H3,(H2,19,20,21). The molecule has 0 amide bonds. The van der Waals surface area contributed by atoms with Crippen LogP contribution in [0, 0.1) is 0 Å². The number of nitrogens with zero attached hydrogens (tertiary/aromatic N) is 1. The zero-order valence-corrected chi connectivity index (χ0v) is 14.8. The summed E-state index contributed by atoms with van der Waals surface area (Å²) in [5.74, 6) is 2.57. The Labute approximate surface area is 147 Å². The molecule has 2 rings (SSSR count). The van der Waals surface area contributed by atoms with Crippen molar-refractivity contribution in [2.24, 2.45) is 4.99 Å². The van der Waals surface area contributed by atoms with Crippen LogP contribution < -0.4 is 20.1 Å². The Morgan fingerprint density at radius 2 is 2.08 bits per heavy atom. The Bertz CT molecular complexity index is 671. The molecular formula is C18H25N3O4. The van der Waals surface area contributed by atoms with Gasteiger partial charge >= 0.3 is 0 Å². The lowest BCUT2D eigenvalue weighted by atomic mass is 10.2. The third kappa shape index (κ3) is 5.42. The summed E-state index contributed by atoms with van der Waals surface area (Å²) < 4.78 is 15.8. The first-order valence-electron chi connectivity index (χ1n) is 8.12. The summed E-state index contributed by atoms with van der Waals surface area (Å²) in [6.45, 7) is 3.41. The number of aliphatic imine (C=N–C) groups is 1. The maximum Gasteiger partial charge on any atom is 0.191 e. The fraction of sp³-hybridized carbons (Fsp3) is 0.389. The van der Waals surface area contributed by atoms with E-state index >= 15 is 0 Å². The first-order valence-corrected chi connectivity index (χ1v) is 8.12. The fourth-order valence-electron chi connectivity index (χ4n) is 2.26. The summed E-state index contributed by atoms with van der Waals surface area (Å²) in [6, 6.07) is 9.09. The Balaban J connectivity index is 2.01. The number of aliphatic hydroxyl groups is 1. The van der Waals surface area contributed by atoms with Gasteiger partial charge in [-0.15, -0.1) is 0 Å². The van der Waals surface area contributed by atoms with Gasteiger partial charge in [-0.3, -0.25) is 0 Å². The minimum Gasteiger partial charge on any atom is -0.497 e. The Morgan fingerprint density at radius 3 is 2.72 bits per heavy atom. The van der Waals surface area contributed by atoms with Crippen molar-refractivity contribution in [1.29, 1.82) is 0 Å². The molecule has 0 saturated carbocycles. The lowest BCUT2D eigenvalue weighted by Gasteiger charge is -2.14. The summed E-state index contributed by atoms with van der Waals surface area (Å²) in [6.07, 6.45) is 0.794. The largest absolute Gasteiger partial charge is 0.497 e. The molecule has 0 aliphatic heterocycles. The topological polar surface area (TPSA) is 88.3 Å². The second-order valence-electron chi connectivity index (χ2n) is 5.29. The predicted octanol–water partition coefficient (Wildman–Crippen LogP) is 2.09. The lowest BCUT2D eigenvalue weighted by Crippen LogP contribution is -2.39. The van der Waals surface area contributed by atoms with Crippen LogP contribution in [-0.4, -0.2) is 38.4 Å². The van der Waals surface area contributed by atoms with Gasteiger partial charge in [0, 0.05) is 18.2 Å². The molecule has 7 nitrogen and oxygen atoms in total. The SMILES string of the molecule is CCNC(=NCc1ccc(OC)cc1OC)NCC(O)c1ccco1.